The lowest BCUT2D eigenvalue weighted by Crippen LogP contribution is -2.38. The Labute approximate surface area is 134 Å². The van der Waals surface area contributed by atoms with Gasteiger partial charge in [-0.25, -0.2) is 4.79 Å². The van der Waals surface area contributed by atoms with Gasteiger partial charge in [0.2, 0.25) is 0 Å². The predicted octanol–water partition coefficient (Wildman–Crippen LogP) is 2.49. The molecule has 3 N–H and O–H groups in total. The molecule has 0 aromatic carbocycles. The van der Waals surface area contributed by atoms with Gasteiger partial charge < -0.3 is 20.7 Å². The Balaban J connectivity index is 1.61. The van der Waals surface area contributed by atoms with E-state index < -0.39 is 5.60 Å². The molecule has 1 amide bonds. The van der Waals surface area contributed by atoms with E-state index in [0.717, 1.165) is 45.3 Å². The number of hydrogen-bond acceptors (Lipinski definition) is 4. The lowest BCUT2D eigenvalue weighted by molar-refractivity contribution is 0.0287. The second-order valence-corrected chi connectivity index (χ2v) is 7.94. The summed E-state index contributed by atoms with van der Waals surface area (Å²) >= 11 is 0. The van der Waals surface area contributed by atoms with Crippen molar-refractivity contribution in [2.24, 2.45) is 11.7 Å². The van der Waals surface area contributed by atoms with Crippen molar-refractivity contribution in [2.45, 2.75) is 77.0 Å². The van der Waals surface area contributed by atoms with E-state index in [0.29, 0.717) is 18.0 Å². The third-order valence-corrected chi connectivity index (χ3v) is 4.69. The van der Waals surface area contributed by atoms with Crippen LogP contribution in [0.5, 0.6) is 0 Å². The summed E-state index contributed by atoms with van der Waals surface area (Å²) in [6.07, 6.45) is 6.77. The first-order valence-corrected chi connectivity index (χ1v) is 8.80. The fraction of sp³-hybridized carbons (Fsp3) is 0.941. The highest BCUT2D eigenvalue weighted by Crippen LogP contribution is 2.22. The number of ether oxygens (including phenoxy) is 1. The van der Waals surface area contributed by atoms with Crippen molar-refractivity contribution < 1.29 is 9.53 Å². The summed E-state index contributed by atoms with van der Waals surface area (Å²) in [6.45, 7) is 8.46. The maximum absolute atomic E-state index is 12.0. The molecule has 0 spiro atoms. The molecule has 1 saturated carbocycles. The minimum Gasteiger partial charge on any atom is -0.444 e. The van der Waals surface area contributed by atoms with Crippen LogP contribution in [0.1, 0.15) is 59.3 Å². The number of rotatable bonds is 4. The topological polar surface area (TPSA) is 67.6 Å². The summed E-state index contributed by atoms with van der Waals surface area (Å²) in [5.74, 6) is 0.603. The molecule has 1 unspecified atom stereocenters. The molecular formula is C17H33N3O2. The van der Waals surface area contributed by atoms with Crippen LogP contribution in [0.15, 0.2) is 0 Å². The van der Waals surface area contributed by atoms with Gasteiger partial charge in [0.15, 0.2) is 0 Å². The average Bonchev–Trinajstić information content (AvgIpc) is 2.88. The lowest BCUT2D eigenvalue weighted by Gasteiger charge is -2.27. The first-order chi connectivity index (χ1) is 10.3. The van der Waals surface area contributed by atoms with Gasteiger partial charge in [-0.15, -0.1) is 0 Å². The number of hydrogen-bond donors (Lipinski definition) is 2. The summed E-state index contributed by atoms with van der Waals surface area (Å²) < 4.78 is 5.44. The molecule has 128 valence electrons. The smallest absolute Gasteiger partial charge is 0.410 e. The highest BCUT2D eigenvalue weighted by Gasteiger charge is 2.29. The van der Waals surface area contributed by atoms with Gasteiger partial charge in [-0.05, 0) is 71.8 Å². The van der Waals surface area contributed by atoms with Crippen molar-refractivity contribution in [3.63, 3.8) is 0 Å². The van der Waals surface area contributed by atoms with E-state index in [2.05, 4.69) is 5.32 Å². The molecule has 5 nitrogen and oxygen atoms in total. The molecule has 1 aliphatic carbocycles. The SMILES string of the molecule is CC(C)(C)OC(=O)N1CCC(CCNC2CCC(N)CC2)C1. The number of nitrogens with one attached hydrogen (secondary N) is 1. The van der Waals surface area contributed by atoms with Gasteiger partial charge in [0, 0.05) is 25.2 Å². The minimum atomic E-state index is -0.404. The van der Waals surface area contributed by atoms with Crippen LogP contribution in [0.3, 0.4) is 0 Å². The standard InChI is InChI=1S/C17H33N3O2/c1-17(2,3)22-16(21)20-11-9-13(12-20)8-10-19-15-6-4-14(18)5-7-15/h13-15,19H,4-12,18H2,1-3H3. The van der Waals surface area contributed by atoms with Crippen LogP contribution in [0, 0.1) is 5.92 Å². The molecule has 1 heterocycles. The third kappa shape index (κ3) is 5.76. The Morgan fingerprint density at radius 1 is 1.23 bits per heavy atom. The van der Waals surface area contributed by atoms with Crippen LogP contribution in [0.25, 0.3) is 0 Å². The predicted molar refractivity (Wildman–Crippen MR) is 88.8 cm³/mol. The highest BCUT2D eigenvalue weighted by molar-refractivity contribution is 5.68. The Kier molecular flexibility index (Phi) is 6.09. The van der Waals surface area contributed by atoms with E-state index in [1.165, 1.54) is 12.8 Å². The molecule has 1 atom stereocenters. The number of carbonyl (C=O) groups excluding carboxylic acids is 1. The van der Waals surface area contributed by atoms with Crippen molar-refractivity contribution in [1.82, 2.24) is 10.2 Å². The van der Waals surface area contributed by atoms with Crippen LogP contribution in [-0.2, 0) is 4.74 Å². The van der Waals surface area contributed by atoms with Gasteiger partial charge in [-0.2, -0.15) is 0 Å². The van der Waals surface area contributed by atoms with Crippen molar-refractivity contribution in [1.29, 1.82) is 0 Å². The Morgan fingerprint density at radius 3 is 2.55 bits per heavy atom. The first kappa shape index (κ1) is 17.5. The fourth-order valence-corrected chi connectivity index (χ4v) is 3.38. The van der Waals surface area contributed by atoms with Crippen LogP contribution in [-0.4, -0.2) is 48.3 Å². The number of likely N-dealkylation sites (tertiary alicyclic amines) is 1. The van der Waals surface area contributed by atoms with E-state index in [4.69, 9.17) is 10.5 Å². The second kappa shape index (κ2) is 7.64. The van der Waals surface area contributed by atoms with E-state index in [1.54, 1.807) is 0 Å². The molecule has 1 aliphatic heterocycles. The van der Waals surface area contributed by atoms with E-state index in [9.17, 15) is 4.79 Å². The summed E-state index contributed by atoms with van der Waals surface area (Å²) in [6, 6.07) is 1.05. The third-order valence-electron chi connectivity index (χ3n) is 4.69. The Bertz CT molecular complexity index is 359. The van der Waals surface area contributed by atoms with Crippen molar-refractivity contribution in [2.75, 3.05) is 19.6 Å². The number of carbonyl (C=O) groups is 1. The monoisotopic (exact) mass is 311 g/mol. The van der Waals surface area contributed by atoms with Crippen molar-refractivity contribution in [3.05, 3.63) is 0 Å². The molecule has 5 heteroatoms. The molecule has 0 bridgehead atoms. The van der Waals surface area contributed by atoms with Gasteiger partial charge in [0.05, 0.1) is 0 Å². The summed E-state index contributed by atoms with van der Waals surface area (Å²) in [7, 11) is 0. The van der Waals surface area contributed by atoms with Gasteiger partial charge in [0.1, 0.15) is 5.60 Å². The number of nitrogens with two attached hydrogens (primary N) is 1. The van der Waals surface area contributed by atoms with Gasteiger partial charge in [-0.3, -0.25) is 0 Å². The maximum atomic E-state index is 12.0. The quantitative estimate of drug-likeness (QED) is 0.837. The molecular weight excluding hydrogens is 278 g/mol. The number of nitrogens with zero attached hydrogens (tertiary/aromatic N) is 1. The second-order valence-electron chi connectivity index (χ2n) is 7.94. The van der Waals surface area contributed by atoms with Gasteiger partial charge in [-0.1, -0.05) is 0 Å². The molecule has 0 radical (unpaired) electrons. The molecule has 1 saturated heterocycles. The average molecular weight is 311 g/mol. The molecule has 2 rings (SSSR count). The zero-order valence-corrected chi connectivity index (χ0v) is 14.4. The highest BCUT2D eigenvalue weighted by atomic mass is 16.6. The minimum absolute atomic E-state index is 0.163. The van der Waals surface area contributed by atoms with E-state index in [1.807, 2.05) is 25.7 Å². The largest absolute Gasteiger partial charge is 0.444 e. The van der Waals surface area contributed by atoms with Crippen LogP contribution < -0.4 is 11.1 Å². The molecule has 2 fully saturated rings. The Hall–Kier alpha value is -0.810. The zero-order valence-electron chi connectivity index (χ0n) is 14.4. The first-order valence-electron chi connectivity index (χ1n) is 8.80. The zero-order chi connectivity index (χ0) is 16.2. The molecule has 2 aliphatic rings. The van der Waals surface area contributed by atoms with Crippen LogP contribution in [0.2, 0.25) is 0 Å². The van der Waals surface area contributed by atoms with Gasteiger partial charge >= 0.3 is 6.09 Å². The van der Waals surface area contributed by atoms with E-state index >= 15 is 0 Å². The van der Waals surface area contributed by atoms with Crippen molar-refractivity contribution in [3.8, 4) is 0 Å². The lowest BCUT2D eigenvalue weighted by atomic mass is 9.91. The fourth-order valence-electron chi connectivity index (χ4n) is 3.38. The summed E-state index contributed by atoms with van der Waals surface area (Å²) in [4.78, 5) is 13.9. The molecule has 0 aromatic heterocycles. The normalized spacial score (nSPS) is 29.6. The molecule has 22 heavy (non-hydrogen) atoms. The van der Waals surface area contributed by atoms with Crippen LogP contribution >= 0.6 is 0 Å². The molecule has 0 aromatic rings. The summed E-state index contributed by atoms with van der Waals surface area (Å²) in [5.41, 5.74) is 5.53. The van der Waals surface area contributed by atoms with Crippen molar-refractivity contribution >= 4 is 6.09 Å². The van der Waals surface area contributed by atoms with Gasteiger partial charge in [0.25, 0.3) is 0 Å². The maximum Gasteiger partial charge on any atom is 0.410 e. The summed E-state index contributed by atoms with van der Waals surface area (Å²) in [5, 5.41) is 3.66. The Morgan fingerprint density at radius 2 is 1.91 bits per heavy atom. The van der Waals surface area contributed by atoms with Crippen LogP contribution in [0.4, 0.5) is 4.79 Å². The van der Waals surface area contributed by atoms with E-state index in [-0.39, 0.29) is 6.09 Å². The number of amides is 1.